The first-order valence-corrected chi connectivity index (χ1v) is 11.8. The smallest absolute Gasteiger partial charge is 0.171 e. The van der Waals surface area contributed by atoms with Gasteiger partial charge < -0.3 is 38.3 Å². The molecule has 1 heterocycles. The number of rotatable bonds is 4. The Morgan fingerprint density at radius 2 is 1.16 bits per heavy atom. The molecule has 3 nitrogen and oxygen atoms in total. The van der Waals surface area contributed by atoms with E-state index in [4.69, 9.17) is 0 Å². The van der Waals surface area contributed by atoms with Crippen LogP contribution in [0.3, 0.4) is 0 Å². The van der Waals surface area contributed by atoms with E-state index in [9.17, 15) is 4.57 Å². The zero-order chi connectivity index (χ0) is 20.6. The van der Waals surface area contributed by atoms with Crippen LogP contribution in [0.2, 0.25) is 0 Å². The maximum atomic E-state index is 14.7. The van der Waals surface area contributed by atoms with Crippen molar-refractivity contribution in [3.05, 3.63) is 109 Å². The number of hydrogen-bond donors (Lipinski definition) is 0. The molecule has 0 aromatic heterocycles. The average molecular weight is 537 g/mol. The van der Waals surface area contributed by atoms with Gasteiger partial charge in [0, 0.05) is 28.6 Å². The van der Waals surface area contributed by atoms with Gasteiger partial charge in [0.15, 0.2) is 7.14 Å². The SMILES string of the molecule is CN1CN(c2cccc(P(=O)(c3ccccc3)c3ccccc3)c2)c2ccccc21.[I-]. The molecular weight excluding hydrogens is 514 g/mol. The van der Waals surface area contributed by atoms with Crippen LogP contribution >= 0.6 is 7.14 Å². The number of anilines is 3. The van der Waals surface area contributed by atoms with E-state index < -0.39 is 7.14 Å². The van der Waals surface area contributed by atoms with Crippen LogP contribution in [-0.2, 0) is 4.57 Å². The number of hydrogen-bond acceptors (Lipinski definition) is 3. The zero-order valence-electron chi connectivity index (χ0n) is 17.2. The second-order valence-corrected chi connectivity index (χ2v) is 10.3. The van der Waals surface area contributed by atoms with Gasteiger partial charge in [-0.05, 0) is 24.3 Å². The molecule has 156 valence electrons. The second kappa shape index (κ2) is 8.89. The topological polar surface area (TPSA) is 23.6 Å². The van der Waals surface area contributed by atoms with Crippen molar-refractivity contribution in [3.63, 3.8) is 0 Å². The third kappa shape index (κ3) is 3.79. The van der Waals surface area contributed by atoms with E-state index >= 15 is 0 Å². The minimum Gasteiger partial charge on any atom is -1.00 e. The number of para-hydroxylation sites is 2. The van der Waals surface area contributed by atoms with Gasteiger partial charge in [0.1, 0.15) is 0 Å². The van der Waals surface area contributed by atoms with Crippen molar-refractivity contribution in [2.45, 2.75) is 0 Å². The molecule has 5 heteroatoms. The summed E-state index contributed by atoms with van der Waals surface area (Å²) in [6, 6.07) is 36.3. The maximum Gasteiger partial charge on any atom is 0.171 e. The molecule has 1 aliphatic rings. The molecule has 31 heavy (non-hydrogen) atoms. The van der Waals surface area contributed by atoms with E-state index in [1.165, 1.54) is 11.4 Å². The molecule has 0 unspecified atom stereocenters. The first kappa shape index (κ1) is 21.7. The molecule has 0 saturated heterocycles. The average Bonchev–Trinajstić information content (AvgIpc) is 3.16. The van der Waals surface area contributed by atoms with Crippen molar-refractivity contribution in [1.29, 1.82) is 0 Å². The highest BCUT2D eigenvalue weighted by Crippen LogP contribution is 2.44. The van der Waals surface area contributed by atoms with Crippen molar-refractivity contribution in [2.24, 2.45) is 0 Å². The van der Waals surface area contributed by atoms with Gasteiger partial charge >= 0.3 is 0 Å². The quantitative estimate of drug-likeness (QED) is 0.294. The number of halogens is 1. The highest BCUT2D eigenvalue weighted by molar-refractivity contribution is 7.85. The second-order valence-electron chi connectivity index (χ2n) is 7.56. The van der Waals surface area contributed by atoms with Crippen LogP contribution in [0.25, 0.3) is 0 Å². The lowest BCUT2D eigenvalue weighted by molar-refractivity contribution is -0.00000693. The van der Waals surface area contributed by atoms with E-state index in [1.54, 1.807) is 0 Å². The molecule has 4 aromatic carbocycles. The van der Waals surface area contributed by atoms with Gasteiger partial charge in [0.25, 0.3) is 0 Å². The molecule has 0 spiro atoms. The monoisotopic (exact) mass is 537 g/mol. The normalized spacial score (nSPS) is 12.9. The summed E-state index contributed by atoms with van der Waals surface area (Å²) in [4.78, 5) is 4.51. The van der Waals surface area contributed by atoms with Gasteiger partial charge in [-0.2, -0.15) is 0 Å². The van der Waals surface area contributed by atoms with E-state index in [2.05, 4.69) is 53.2 Å². The summed E-state index contributed by atoms with van der Waals surface area (Å²) in [5, 5.41) is 2.56. The van der Waals surface area contributed by atoms with E-state index in [1.807, 2.05) is 72.8 Å². The van der Waals surface area contributed by atoms with Crippen molar-refractivity contribution in [1.82, 2.24) is 0 Å². The fourth-order valence-electron chi connectivity index (χ4n) is 4.18. The van der Waals surface area contributed by atoms with Gasteiger partial charge in [-0.1, -0.05) is 84.9 Å². The Morgan fingerprint density at radius 1 is 0.645 bits per heavy atom. The number of fused-ring (bicyclic) bond motifs is 1. The molecule has 5 rings (SSSR count). The van der Waals surface area contributed by atoms with Gasteiger partial charge in [-0.25, -0.2) is 0 Å². The van der Waals surface area contributed by atoms with Gasteiger partial charge in [0.05, 0.1) is 18.0 Å². The predicted molar refractivity (Wildman–Crippen MR) is 128 cm³/mol. The number of benzene rings is 4. The molecular formula is C26H23IN2OP-. The maximum absolute atomic E-state index is 14.7. The summed E-state index contributed by atoms with van der Waals surface area (Å²) in [6.07, 6.45) is 0. The Kier molecular flexibility index (Phi) is 6.22. The summed E-state index contributed by atoms with van der Waals surface area (Å²) in [5.74, 6) is 0. The van der Waals surface area contributed by atoms with Crippen LogP contribution in [0, 0.1) is 0 Å². The minimum atomic E-state index is -2.98. The number of nitrogens with zero attached hydrogens (tertiary/aromatic N) is 2. The molecule has 0 fully saturated rings. The van der Waals surface area contributed by atoms with Gasteiger partial charge in [-0.3, -0.25) is 0 Å². The molecule has 0 amide bonds. The molecule has 0 saturated carbocycles. The summed E-state index contributed by atoms with van der Waals surface area (Å²) in [7, 11) is -0.885. The lowest BCUT2D eigenvalue weighted by atomic mass is 10.2. The van der Waals surface area contributed by atoms with Crippen LogP contribution in [0.5, 0.6) is 0 Å². The summed E-state index contributed by atoms with van der Waals surface area (Å²) in [6.45, 7) is 0.768. The highest BCUT2D eigenvalue weighted by atomic mass is 127. The highest BCUT2D eigenvalue weighted by Gasteiger charge is 2.31. The van der Waals surface area contributed by atoms with Gasteiger partial charge in [0.2, 0.25) is 0 Å². The van der Waals surface area contributed by atoms with Crippen LogP contribution in [0.1, 0.15) is 0 Å². The molecule has 0 radical (unpaired) electrons. The largest absolute Gasteiger partial charge is 1.00 e. The van der Waals surface area contributed by atoms with E-state index in [0.29, 0.717) is 0 Å². The van der Waals surface area contributed by atoms with E-state index in [-0.39, 0.29) is 24.0 Å². The molecule has 0 bridgehead atoms. The Bertz CT molecular complexity index is 1190. The van der Waals surface area contributed by atoms with Crippen molar-refractivity contribution >= 4 is 40.1 Å². The zero-order valence-corrected chi connectivity index (χ0v) is 20.3. The van der Waals surface area contributed by atoms with Crippen molar-refractivity contribution < 1.29 is 28.5 Å². The fourth-order valence-corrected chi connectivity index (χ4v) is 6.87. The van der Waals surface area contributed by atoms with Crippen LogP contribution in [0.15, 0.2) is 109 Å². The van der Waals surface area contributed by atoms with Crippen molar-refractivity contribution in [2.75, 3.05) is 23.5 Å². The Morgan fingerprint density at radius 3 is 1.77 bits per heavy atom. The predicted octanol–water partition coefficient (Wildman–Crippen LogP) is 1.88. The molecule has 0 aliphatic carbocycles. The van der Waals surface area contributed by atoms with E-state index in [0.717, 1.165) is 28.3 Å². The first-order chi connectivity index (χ1) is 14.7. The summed E-state index contributed by atoms with van der Waals surface area (Å²) in [5.41, 5.74) is 3.43. The van der Waals surface area contributed by atoms with Gasteiger partial charge in [-0.15, -0.1) is 0 Å². The molecule has 0 atom stereocenters. The summed E-state index contributed by atoms with van der Waals surface area (Å²) < 4.78 is 14.7. The third-order valence-corrected chi connectivity index (χ3v) is 8.74. The minimum absolute atomic E-state index is 0. The standard InChI is InChI=1S/C26H23N2OP.HI/c1-27-20-28(26-18-9-8-17-25(26)27)21-11-10-16-24(19-21)30(29,22-12-4-2-5-13-22)23-14-6-3-7-15-23;/h2-19H,20H2,1H3;1H/p-1. The van der Waals surface area contributed by atoms with Crippen molar-refractivity contribution in [3.8, 4) is 0 Å². The lowest BCUT2D eigenvalue weighted by Crippen LogP contribution is -3.00. The Balaban J connectivity index is 0.00000231. The molecule has 4 aromatic rings. The molecule has 0 N–H and O–H groups in total. The Labute approximate surface area is 200 Å². The molecule has 1 aliphatic heterocycles. The van der Waals surface area contributed by atoms with Crippen LogP contribution < -0.4 is 49.7 Å². The lowest BCUT2D eigenvalue weighted by Gasteiger charge is -2.24. The Hall–Kier alpha value is -2.56. The van der Waals surface area contributed by atoms with Crippen LogP contribution in [0.4, 0.5) is 17.1 Å². The summed E-state index contributed by atoms with van der Waals surface area (Å²) >= 11 is 0. The van der Waals surface area contributed by atoms with Crippen LogP contribution in [-0.4, -0.2) is 13.7 Å². The fraction of sp³-hybridized carbons (Fsp3) is 0.0769. The first-order valence-electron chi connectivity index (χ1n) is 10.1. The third-order valence-electron chi connectivity index (χ3n) is 5.68.